The maximum atomic E-state index is 13.1. The highest BCUT2D eigenvalue weighted by Gasteiger charge is 2.15. The van der Waals surface area contributed by atoms with Gasteiger partial charge in [-0.2, -0.15) is 0 Å². The molecular weight excluding hydrogens is 361 g/mol. The Balaban J connectivity index is 1.86. The van der Waals surface area contributed by atoms with Gasteiger partial charge in [-0.05, 0) is 29.8 Å². The standard InChI is InChI=1S/C15H10BrClFNS/c16-11(10-6-5-9(18)7-12(10)17)8-15-19-13-3-1-2-4-14(13)20-15/h1-7,11H,8H2. The Kier molecular flexibility index (Phi) is 4.06. The van der Waals surface area contributed by atoms with Crippen LogP contribution in [0, 0.1) is 5.82 Å². The van der Waals surface area contributed by atoms with Crippen molar-refractivity contribution in [3.05, 3.63) is 63.9 Å². The molecule has 0 saturated carbocycles. The van der Waals surface area contributed by atoms with Crippen molar-refractivity contribution in [3.8, 4) is 0 Å². The van der Waals surface area contributed by atoms with E-state index in [0.29, 0.717) is 5.02 Å². The Hall–Kier alpha value is -0.970. The van der Waals surface area contributed by atoms with Crippen LogP contribution in [0.1, 0.15) is 15.4 Å². The van der Waals surface area contributed by atoms with E-state index in [1.165, 1.54) is 16.8 Å². The molecular formula is C15H10BrClFNS. The van der Waals surface area contributed by atoms with E-state index in [-0.39, 0.29) is 10.6 Å². The Bertz CT molecular complexity index is 725. The largest absolute Gasteiger partial charge is 0.241 e. The highest BCUT2D eigenvalue weighted by atomic mass is 79.9. The number of aromatic nitrogens is 1. The summed E-state index contributed by atoms with van der Waals surface area (Å²) in [5, 5.41) is 1.47. The van der Waals surface area contributed by atoms with Crippen molar-refractivity contribution in [3.63, 3.8) is 0 Å². The second-order valence-electron chi connectivity index (χ2n) is 4.41. The molecule has 5 heteroatoms. The van der Waals surface area contributed by atoms with Gasteiger partial charge in [0.25, 0.3) is 0 Å². The predicted molar refractivity (Wildman–Crippen MR) is 86.4 cm³/mol. The normalized spacial score (nSPS) is 12.8. The number of halogens is 3. The number of fused-ring (bicyclic) bond motifs is 1. The zero-order chi connectivity index (χ0) is 14.1. The van der Waals surface area contributed by atoms with Crippen LogP contribution in [0.5, 0.6) is 0 Å². The average molecular weight is 371 g/mol. The lowest BCUT2D eigenvalue weighted by Gasteiger charge is -2.10. The van der Waals surface area contributed by atoms with Gasteiger partial charge in [-0.3, -0.25) is 0 Å². The monoisotopic (exact) mass is 369 g/mol. The summed E-state index contributed by atoms with van der Waals surface area (Å²) in [6.45, 7) is 0. The molecule has 0 radical (unpaired) electrons. The number of benzene rings is 2. The summed E-state index contributed by atoms with van der Waals surface area (Å²) in [5.41, 5.74) is 1.89. The fourth-order valence-electron chi connectivity index (χ4n) is 2.03. The first-order chi connectivity index (χ1) is 9.63. The molecule has 0 spiro atoms. The summed E-state index contributed by atoms with van der Waals surface area (Å²) in [5.74, 6) is -0.321. The molecule has 0 saturated heterocycles. The lowest BCUT2D eigenvalue weighted by molar-refractivity contribution is 0.627. The number of hydrogen-bond acceptors (Lipinski definition) is 2. The van der Waals surface area contributed by atoms with Crippen LogP contribution in [0.15, 0.2) is 42.5 Å². The summed E-state index contributed by atoms with van der Waals surface area (Å²) in [6.07, 6.45) is 0.727. The average Bonchev–Trinajstić information content (AvgIpc) is 2.80. The second-order valence-corrected chi connectivity index (χ2v) is 7.04. The molecule has 1 aromatic heterocycles. The van der Waals surface area contributed by atoms with Crippen LogP contribution < -0.4 is 0 Å². The molecule has 0 aliphatic carbocycles. The van der Waals surface area contributed by atoms with Crippen LogP contribution >= 0.6 is 38.9 Å². The van der Waals surface area contributed by atoms with Gasteiger partial charge < -0.3 is 0 Å². The van der Waals surface area contributed by atoms with Crippen molar-refractivity contribution >= 4 is 49.1 Å². The van der Waals surface area contributed by atoms with Crippen molar-refractivity contribution in [2.75, 3.05) is 0 Å². The van der Waals surface area contributed by atoms with Gasteiger partial charge in [0.15, 0.2) is 0 Å². The highest BCUT2D eigenvalue weighted by molar-refractivity contribution is 9.09. The molecule has 1 unspecified atom stereocenters. The summed E-state index contributed by atoms with van der Waals surface area (Å²) < 4.78 is 14.2. The first-order valence-electron chi connectivity index (χ1n) is 6.07. The number of hydrogen-bond donors (Lipinski definition) is 0. The zero-order valence-electron chi connectivity index (χ0n) is 10.3. The quantitative estimate of drug-likeness (QED) is 0.533. The van der Waals surface area contributed by atoms with Gasteiger partial charge in [-0.15, -0.1) is 11.3 Å². The molecule has 0 aliphatic heterocycles. The Morgan fingerprint density at radius 1 is 1.25 bits per heavy atom. The Labute approximate surface area is 133 Å². The molecule has 1 atom stereocenters. The van der Waals surface area contributed by atoms with Gasteiger partial charge in [0.2, 0.25) is 0 Å². The lowest BCUT2D eigenvalue weighted by Crippen LogP contribution is -1.96. The fraction of sp³-hybridized carbons (Fsp3) is 0.133. The number of alkyl halides is 1. The third-order valence-electron chi connectivity index (χ3n) is 2.99. The maximum Gasteiger partial charge on any atom is 0.124 e. The van der Waals surface area contributed by atoms with Crippen LogP contribution in [-0.2, 0) is 6.42 Å². The van der Waals surface area contributed by atoms with Crippen LogP contribution in [-0.4, -0.2) is 4.98 Å². The first-order valence-corrected chi connectivity index (χ1v) is 8.18. The van der Waals surface area contributed by atoms with E-state index in [9.17, 15) is 4.39 Å². The van der Waals surface area contributed by atoms with Gasteiger partial charge in [0.1, 0.15) is 5.82 Å². The van der Waals surface area contributed by atoms with E-state index < -0.39 is 0 Å². The molecule has 0 N–H and O–H groups in total. The van der Waals surface area contributed by atoms with E-state index in [4.69, 9.17) is 11.6 Å². The van der Waals surface area contributed by atoms with Gasteiger partial charge in [0.05, 0.1) is 15.2 Å². The van der Waals surface area contributed by atoms with Gasteiger partial charge in [-0.1, -0.05) is 45.7 Å². The second kappa shape index (κ2) is 5.80. The smallest absolute Gasteiger partial charge is 0.124 e. The topological polar surface area (TPSA) is 12.9 Å². The molecule has 102 valence electrons. The molecule has 0 bridgehead atoms. The SMILES string of the molecule is Fc1ccc(C(Br)Cc2nc3ccccc3s2)c(Cl)c1. The first kappa shape index (κ1) is 14.0. The van der Waals surface area contributed by atoms with E-state index in [1.807, 2.05) is 18.2 Å². The lowest BCUT2D eigenvalue weighted by atomic mass is 10.1. The maximum absolute atomic E-state index is 13.1. The summed E-state index contributed by atoms with van der Waals surface area (Å²) in [4.78, 5) is 4.62. The van der Waals surface area contributed by atoms with Gasteiger partial charge in [-0.25, -0.2) is 9.37 Å². The number of rotatable bonds is 3. The third-order valence-corrected chi connectivity index (χ3v) is 5.20. The van der Waals surface area contributed by atoms with Crippen molar-refractivity contribution in [1.82, 2.24) is 4.98 Å². The minimum absolute atomic E-state index is 0.0242. The zero-order valence-corrected chi connectivity index (χ0v) is 13.5. The van der Waals surface area contributed by atoms with Gasteiger partial charge >= 0.3 is 0 Å². The van der Waals surface area contributed by atoms with E-state index in [1.54, 1.807) is 17.4 Å². The molecule has 1 heterocycles. The summed E-state index contributed by atoms with van der Waals surface area (Å²) >= 11 is 11.4. The van der Waals surface area contributed by atoms with E-state index >= 15 is 0 Å². The molecule has 20 heavy (non-hydrogen) atoms. The molecule has 3 aromatic rings. The molecule has 0 fully saturated rings. The number of para-hydroxylation sites is 1. The van der Waals surface area contributed by atoms with Crippen LogP contribution in [0.2, 0.25) is 5.02 Å². The van der Waals surface area contributed by atoms with E-state index in [2.05, 4.69) is 27.0 Å². The fourth-order valence-corrected chi connectivity index (χ4v) is 4.39. The summed E-state index contributed by atoms with van der Waals surface area (Å²) in [6, 6.07) is 12.5. The van der Waals surface area contributed by atoms with Gasteiger partial charge in [0, 0.05) is 16.3 Å². The molecule has 3 rings (SSSR count). The molecule has 2 aromatic carbocycles. The molecule has 0 amide bonds. The van der Waals surface area contributed by atoms with E-state index in [0.717, 1.165) is 22.5 Å². The number of nitrogens with zero attached hydrogens (tertiary/aromatic N) is 1. The predicted octanol–water partition coefficient (Wildman–Crippen LogP) is 5.77. The number of thiazole rings is 1. The van der Waals surface area contributed by atoms with Crippen LogP contribution in [0.4, 0.5) is 4.39 Å². The Morgan fingerprint density at radius 2 is 2.05 bits per heavy atom. The van der Waals surface area contributed by atoms with Crippen molar-refractivity contribution in [1.29, 1.82) is 0 Å². The summed E-state index contributed by atoms with van der Waals surface area (Å²) in [7, 11) is 0. The molecule has 1 nitrogen and oxygen atoms in total. The van der Waals surface area contributed by atoms with Crippen LogP contribution in [0.3, 0.4) is 0 Å². The minimum atomic E-state index is -0.321. The third kappa shape index (κ3) is 2.87. The Morgan fingerprint density at radius 3 is 2.80 bits per heavy atom. The van der Waals surface area contributed by atoms with Crippen molar-refractivity contribution in [2.45, 2.75) is 11.2 Å². The highest BCUT2D eigenvalue weighted by Crippen LogP contribution is 2.34. The van der Waals surface area contributed by atoms with Crippen LogP contribution in [0.25, 0.3) is 10.2 Å². The molecule has 0 aliphatic rings. The van der Waals surface area contributed by atoms with Crippen molar-refractivity contribution < 1.29 is 4.39 Å². The van der Waals surface area contributed by atoms with Crippen molar-refractivity contribution in [2.24, 2.45) is 0 Å². The minimum Gasteiger partial charge on any atom is -0.241 e.